The Morgan fingerprint density at radius 3 is 1.06 bits per heavy atom. The number of sulfonamides is 1. The van der Waals surface area contributed by atoms with Gasteiger partial charge in [-0.05, 0) is 306 Å². The summed E-state index contributed by atoms with van der Waals surface area (Å²) in [4.78, 5) is 88.4. The lowest BCUT2D eigenvalue weighted by atomic mass is 9.82. The van der Waals surface area contributed by atoms with E-state index in [0.29, 0.717) is 103 Å². The van der Waals surface area contributed by atoms with Crippen LogP contribution in [0.25, 0.3) is 9.69 Å². The van der Waals surface area contributed by atoms with Crippen LogP contribution in [0.2, 0.25) is 65.3 Å². The highest BCUT2D eigenvalue weighted by molar-refractivity contribution is 7.89. The standard InChI is InChI=1S/C28H32Cl2N4O3S.C27H25Cl3N4O.C26H18Cl5N5O.C26H26Cl3N3O/c1-16-13-23(30)25(15-22(16)29)33-27(35)26(32-24-11-8-18(34(6)7)12-17(24)2)20-14-19(38(31,36)37)9-10-21(20)28(3,4)5;1-14-8-9-18(28)13-21(14)33-27(35)25(32-20-11-10-19(34(6)7)12-15(20)2)22-16(3)23(29)26(31-5)24(30)17(22)4;1-12-9-19(17(28)10-16(12)27)35-26(37)24(34-18-7-6-14(36(4)5)8-13(18)2)20-21(29)15(11-32)22(30)25(33-3)23(20)31;1-14-12-21(29)23(13-20(14)28)31-26(33)25(24-16(3)9-18(27)10-17(24)4)30-22-8-7-19(32(5)6)11-15(22)2/h8-15H,1-7H3,(H,33,35)(H2,31,36,37);8-13H,1-4,6-7H3,(H,33,35);6-10H,1-2,4-5H3,(H,35,37);7-13H,1-6H3,(H,31,33). The molecule has 742 valence electrons. The summed E-state index contributed by atoms with van der Waals surface area (Å²) in [7, 11) is 11.5. The third-order valence-corrected chi connectivity index (χ3v) is 28.1. The van der Waals surface area contributed by atoms with E-state index in [-0.39, 0.29) is 92.0 Å². The predicted molar refractivity (Wildman–Crippen MR) is 603 cm³/mol. The zero-order valence-corrected chi connectivity index (χ0v) is 92.9. The van der Waals surface area contributed by atoms with E-state index in [9.17, 15) is 32.9 Å². The Kier molecular flexibility index (Phi) is 39.4. The SMILES string of the molecule is Cc1cc(Cl)c(NC(=O)C(=Nc2ccc(N(C)C)cc2C)c2c(C)cc(Cl)cc2C)cc1Cl.Cc1cc(Cl)c(NC(=O)C(=Nc2ccc(N(C)C)cc2C)c2cc(S(N)(=O)=O)ccc2C(C)(C)C)cc1Cl.[C-]#[N+]c1c(Cl)c(C#N)c(Cl)c(C(=Nc2ccc(N(C)C)cc2C)C(=O)Nc2cc(C)c(Cl)cc2Cl)c1Cl.[C-]#[N+]c1c(Cl)c(C)c(C(=Nc2ccc(N(C)C)cc2C)C(=O)Nc2cc(Cl)ccc2C)c(C)c1Cl. The lowest BCUT2D eigenvalue weighted by Crippen LogP contribution is -2.28. The number of hydrogen-bond donors (Lipinski definition) is 5. The van der Waals surface area contributed by atoms with Gasteiger partial charge in [-0.1, -0.05) is 184 Å². The highest BCUT2D eigenvalue weighted by atomic mass is 35.5. The number of nitrogens with two attached hydrogens (primary N) is 1. The van der Waals surface area contributed by atoms with Crippen molar-refractivity contribution in [3.63, 3.8) is 0 Å². The Bertz CT molecular complexity index is 7420. The predicted octanol–water partition coefficient (Wildman–Crippen LogP) is 31.2. The molecule has 0 bridgehead atoms. The van der Waals surface area contributed by atoms with Crippen molar-refractivity contribution in [1.29, 1.82) is 5.26 Å². The van der Waals surface area contributed by atoms with E-state index >= 15 is 0 Å². The van der Waals surface area contributed by atoms with Crippen molar-refractivity contribution < 1.29 is 27.6 Å². The van der Waals surface area contributed by atoms with Crippen LogP contribution in [0.3, 0.4) is 0 Å². The first-order chi connectivity index (χ1) is 66.8. The van der Waals surface area contributed by atoms with E-state index < -0.39 is 33.2 Å². The maximum atomic E-state index is 13.9. The van der Waals surface area contributed by atoms with E-state index in [2.05, 4.69) is 35.9 Å². The summed E-state index contributed by atoms with van der Waals surface area (Å²) in [6, 6.07) is 47.8. The van der Waals surface area contributed by atoms with E-state index in [0.717, 1.165) is 83.9 Å². The average molecular weight is 2200 g/mol. The highest BCUT2D eigenvalue weighted by Crippen LogP contribution is 2.47. The number of nitrogens with zero attached hydrogens (tertiary/aromatic N) is 11. The van der Waals surface area contributed by atoms with Gasteiger partial charge in [-0.15, -0.1) is 0 Å². The topological polar surface area (TPSA) is 271 Å². The number of anilines is 8. The van der Waals surface area contributed by atoms with Crippen LogP contribution in [-0.2, 0) is 34.6 Å². The molecule has 22 nitrogen and oxygen atoms in total. The van der Waals surface area contributed by atoms with E-state index in [1.165, 1.54) is 18.2 Å². The number of nitriles is 1. The average Bonchev–Trinajstić information content (AvgIpc) is 0.764. The lowest BCUT2D eigenvalue weighted by molar-refractivity contribution is -0.111. The molecule has 0 aromatic heterocycles. The quantitative estimate of drug-likeness (QED) is 0.0333. The van der Waals surface area contributed by atoms with E-state index in [1.54, 1.807) is 82.3 Å². The van der Waals surface area contributed by atoms with Crippen molar-refractivity contribution in [3.8, 4) is 6.07 Å². The number of nitrogens with one attached hydrogen (secondary N) is 4. The van der Waals surface area contributed by atoms with Crippen molar-refractivity contribution in [1.82, 2.24) is 0 Å². The van der Waals surface area contributed by atoms with Gasteiger partial charge in [0.2, 0.25) is 21.4 Å². The minimum absolute atomic E-state index is 0.00823. The summed E-state index contributed by atoms with van der Waals surface area (Å²) in [5.74, 6) is -2.15. The van der Waals surface area contributed by atoms with E-state index in [1.807, 2.05) is 243 Å². The van der Waals surface area contributed by atoms with Gasteiger partial charge in [0, 0.05) is 132 Å². The van der Waals surface area contributed by atoms with Crippen LogP contribution in [-0.4, -0.2) is 111 Å². The first-order valence-corrected chi connectivity index (χ1v) is 49.9. The Balaban J connectivity index is 0.000000213. The van der Waals surface area contributed by atoms with Gasteiger partial charge in [0.15, 0.2) is 0 Å². The molecular weight excluding hydrogens is 2100 g/mol. The molecule has 6 N–H and O–H groups in total. The van der Waals surface area contributed by atoms with E-state index in [4.69, 9.17) is 184 Å². The number of aryl methyl sites for hydroxylation is 10. The molecule has 0 radical (unpaired) electrons. The third kappa shape index (κ3) is 28.2. The molecule has 0 saturated carbocycles. The van der Waals surface area contributed by atoms with Crippen LogP contribution in [0.15, 0.2) is 183 Å². The summed E-state index contributed by atoms with van der Waals surface area (Å²) in [6.45, 7) is 43.1. The summed E-state index contributed by atoms with van der Waals surface area (Å²) < 4.78 is 24.5. The minimum Gasteiger partial charge on any atom is -0.378 e. The second-order valence-electron chi connectivity index (χ2n) is 35.2. The molecule has 0 spiro atoms. The molecule has 143 heavy (non-hydrogen) atoms. The van der Waals surface area contributed by atoms with Crippen LogP contribution in [0.5, 0.6) is 0 Å². The molecule has 4 amide bonds. The van der Waals surface area contributed by atoms with Crippen LogP contribution in [0.4, 0.5) is 79.6 Å². The van der Waals surface area contributed by atoms with Crippen molar-refractivity contribution >= 4 is 287 Å². The molecule has 12 aromatic rings. The molecule has 0 atom stereocenters. The third-order valence-electron chi connectivity index (χ3n) is 22.6. The zero-order valence-electron chi connectivity index (χ0n) is 82.3. The molecule has 0 aliphatic carbocycles. The maximum absolute atomic E-state index is 13.9. The molecule has 36 heteroatoms. The fourth-order valence-electron chi connectivity index (χ4n) is 14.5. The lowest BCUT2D eigenvalue weighted by Gasteiger charge is -2.24. The zero-order chi connectivity index (χ0) is 107. The number of aliphatic imine (C=N–C) groups is 4. The Labute approximate surface area is 900 Å². The second-order valence-corrected chi connectivity index (χ2v) is 42.0. The number of carbonyl (C=O) groups excluding carboxylic acids is 4. The minimum atomic E-state index is -4.05. The van der Waals surface area contributed by atoms with Crippen molar-refractivity contribution in [3.05, 3.63) is 346 Å². The summed E-state index contributed by atoms with van der Waals surface area (Å²) >= 11 is 82.5. The highest BCUT2D eigenvalue weighted by Gasteiger charge is 2.33. The van der Waals surface area contributed by atoms with Gasteiger partial charge in [0.25, 0.3) is 23.6 Å². The molecule has 0 heterocycles. The number of halogens is 13. The van der Waals surface area contributed by atoms with Crippen molar-refractivity contribution in [2.75, 3.05) is 97.2 Å². The molecule has 0 saturated heterocycles. The number of primary sulfonamides is 1. The smallest absolute Gasteiger partial charge is 0.275 e. The Hall–Kier alpha value is -11.5. The first kappa shape index (κ1) is 115. The largest absolute Gasteiger partial charge is 0.378 e. The van der Waals surface area contributed by atoms with Gasteiger partial charge in [-0.25, -0.2) is 43.2 Å². The second kappa shape index (κ2) is 49.0. The molecule has 0 aliphatic heterocycles. The summed E-state index contributed by atoms with van der Waals surface area (Å²) in [5, 5.41) is 29.6. The number of rotatable bonds is 21. The Morgan fingerprint density at radius 2 is 0.692 bits per heavy atom. The monoisotopic (exact) mass is 2190 g/mol. The van der Waals surface area contributed by atoms with Crippen LogP contribution < -0.4 is 46.0 Å². The van der Waals surface area contributed by atoms with Gasteiger partial charge in [-0.2, -0.15) is 5.26 Å². The van der Waals surface area contributed by atoms with Gasteiger partial charge in [0.05, 0.1) is 104 Å². The van der Waals surface area contributed by atoms with Crippen LogP contribution in [0.1, 0.15) is 121 Å². The normalized spacial score (nSPS) is 11.6. The van der Waals surface area contributed by atoms with Gasteiger partial charge >= 0.3 is 0 Å². The fourth-order valence-corrected chi connectivity index (χ4v) is 18.4. The number of carbonyl (C=O) groups is 4. The molecule has 0 fully saturated rings. The number of hydrogen-bond acceptors (Lipinski definition) is 15. The summed E-state index contributed by atoms with van der Waals surface area (Å²) in [5.41, 5.74) is 18.8. The maximum Gasteiger partial charge on any atom is 0.275 e. The number of benzene rings is 12. The molecular formula is C107H101Cl13N16O6S. The van der Waals surface area contributed by atoms with Crippen LogP contribution in [0, 0.1) is 108 Å². The van der Waals surface area contributed by atoms with Crippen LogP contribution >= 0.6 is 151 Å². The Morgan fingerprint density at radius 1 is 0.350 bits per heavy atom. The first-order valence-electron chi connectivity index (χ1n) is 43.5. The van der Waals surface area contributed by atoms with Crippen molar-refractivity contribution in [2.24, 2.45) is 25.1 Å². The van der Waals surface area contributed by atoms with Gasteiger partial charge < -0.3 is 40.9 Å². The van der Waals surface area contributed by atoms with Gasteiger partial charge in [-0.3, -0.25) is 19.2 Å². The molecule has 12 aromatic carbocycles. The molecule has 0 unspecified atom stereocenters. The van der Waals surface area contributed by atoms with Gasteiger partial charge in [0.1, 0.15) is 28.9 Å². The molecule has 0 aliphatic rings. The van der Waals surface area contributed by atoms with Crippen molar-refractivity contribution in [2.45, 2.75) is 114 Å². The number of amides is 4. The molecule has 12 rings (SSSR count). The fraction of sp³-hybridized carbons (Fsp3) is 0.224. The summed E-state index contributed by atoms with van der Waals surface area (Å²) in [6.07, 6.45) is 0.